The maximum Gasteiger partial charge on any atom is 0.123 e. The van der Waals surface area contributed by atoms with E-state index in [4.69, 9.17) is 0 Å². The fourth-order valence-electron chi connectivity index (χ4n) is 2.48. The van der Waals surface area contributed by atoms with Gasteiger partial charge in [-0.25, -0.2) is 4.39 Å². The summed E-state index contributed by atoms with van der Waals surface area (Å²) in [6.45, 7) is 6.26. The summed E-state index contributed by atoms with van der Waals surface area (Å²) in [7, 11) is 0. The molecule has 1 heteroatoms. The van der Waals surface area contributed by atoms with Crippen molar-refractivity contribution in [2.45, 2.75) is 52.4 Å². The van der Waals surface area contributed by atoms with E-state index < -0.39 is 0 Å². The van der Waals surface area contributed by atoms with Crippen LogP contribution in [0.4, 0.5) is 4.39 Å². The maximum atomic E-state index is 12.7. The van der Waals surface area contributed by atoms with Gasteiger partial charge >= 0.3 is 0 Å². The van der Waals surface area contributed by atoms with Crippen molar-refractivity contribution in [1.29, 1.82) is 0 Å². The number of hydrogen-bond donors (Lipinski definition) is 0. The summed E-state index contributed by atoms with van der Waals surface area (Å²) in [4.78, 5) is 0. The second kappa shape index (κ2) is 6.67. The zero-order chi connectivity index (χ0) is 12.0. The molecular formula is C15H23F. The van der Waals surface area contributed by atoms with Gasteiger partial charge < -0.3 is 0 Å². The van der Waals surface area contributed by atoms with Gasteiger partial charge in [0.15, 0.2) is 0 Å². The van der Waals surface area contributed by atoms with E-state index in [9.17, 15) is 4.39 Å². The molecule has 0 saturated heterocycles. The molecule has 0 radical (unpaired) electrons. The van der Waals surface area contributed by atoms with Crippen LogP contribution in [0, 0.1) is 11.7 Å². The third-order valence-corrected chi connectivity index (χ3v) is 3.46. The van der Waals surface area contributed by atoms with E-state index in [-0.39, 0.29) is 5.82 Å². The molecule has 1 aliphatic rings. The molecule has 0 N–H and O–H groups in total. The van der Waals surface area contributed by atoms with Crippen molar-refractivity contribution in [3.05, 3.63) is 35.6 Å². The molecule has 1 aliphatic carbocycles. The van der Waals surface area contributed by atoms with Crippen LogP contribution in [0.25, 0.3) is 0 Å². The predicted molar refractivity (Wildman–Crippen MR) is 68.1 cm³/mol. The van der Waals surface area contributed by atoms with E-state index >= 15 is 0 Å². The molecule has 1 aromatic rings. The van der Waals surface area contributed by atoms with Crippen molar-refractivity contribution in [2.24, 2.45) is 5.92 Å². The van der Waals surface area contributed by atoms with Gasteiger partial charge in [-0.3, -0.25) is 0 Å². The van der Waals surface area contributed by atoms with Crippen LogP contribution in [0.1, 0.15) is 57.9 Å². The summed E-state index contributed by atoms with van der Waals surface area (Å²) >= 11 is 0. The molecule has 2 rings (SSSR count). The zero-order valence-corrected chi connectivity index (χ0v) is 10.7. The lowest BCUT2D eigenvalue weighted by molar-refractivity contribution is 0.521. The van der Waals surface area contributed by atoms with Crippen molar-refractivity contribution in [3.63, 3.8) is 0 Å². The molecule has 0 bridgehead atoms. The van der Waals surface area contributed by atoms with Crippen molar-refractivity contribution in [2.75, 3.05) is 0 Å². The van der Waals surface area contributed by atoms with Gasteiger partial charge in [0.25, 0.3) is 0 Å². The summed E-state index contributed by atoms with van der Waals surface area (Å²) in [6.07, 6.45) is 5.21. The van der Waals surface area contributed by atoms with Gasteiger partial charge in [-0.1, -0.05) is 39.3 Å². The van der Waals surface area contributed by atoms with Gasteiger partial charge in [0, 0.05) is 0 Å². The van der Waals surface area contributed by atoms with Gasteiger partial charge in [0.2, 0.25) is 0 Å². The second-order valence-corrected chi connectivity index (χ2v) is 4.34. The van der Waals surface area contributed by atoms with Crippen LogP contribution in [0.3, 0.4) is 0 Å². The molecule has 0 aliphatic heterocycles. The van der Waals surface area contributed by atoms with E-state index in [1.807, 2.05) is 26.0 Å². The van der Waals surface area contributed by atoms with Crippen molar-refractivity contribution < 1.29 is 4.39 Å². The molecule has 0 nitrogen and oxygen atoms in total. The molecule has 16 heavy (non-hydrogen) atoms. The lowest BCUT2D eigenvalue weighted by Crippen LogP contribution is -1.94. The summed E-state index contributed by atoms with van der Waals surface area (Å²) in [5, 5.41) is 0. The van der Waals surface area contributed by atoms with Gasteiger partial charge in [-0.05, 0) is 48.8 Å². The molecule has 1 aromatic carbocycles. The summed E-state index contributed by atoms with van der Waals surface area (Å²) in [5.41, 5.74) is 1.32. The van der Waals surface area contributed by atoms with Crippen molar-refractivity contribution >= 4 is 0 Å². The van der Waals surface area contributed by atoms with E-state index in [1.54, 1.807) is 12.1 Å². The number of benzene rings is 1. The van der Waals surface area contributed by atoms with Crippen LogP contribution in [0.2, 0.25) is 0 Å². The lowest BCUT2D eigenvalue weighted by atomic mass is 9.96. The standard InChI is InChI=1S/C13H17F.C2H6/c1-2-10-3-4-12(9-10)11-5-7-13(14)8-6-11;1-2/h5-8,10,12H,2-4,9H2,1H3;1-2H3. The van der Waals surface area contributed by atoms with E-state index in [2.05, 4.69) is 6.92 Å². The van der Waals surface area contributed by atoms with Crippen molar-refractivity contribution in [1.82, 2.24) is 0 Å². The number of rotatable bonds is 2. The molecule has 1 fully saturated rings. The van der Waals surface area contributed by atoms with Crippen LogP contribution in [-0.2, 0) is 0 Å². The first kappa shape index (κ1) is 13.2. The fourth-order valence-corrected chi connectivity index (χ4v) is 2.48. The molecule has 0 spiro atoms. The summed E-state index contributed by atoms with van der Waals surface area (Å²) in [6, 6.07) is 7.04. The largest absolute Gasteiger partial charge is 0.207 e. The number of halogens is 1. The van der Waals surface area contributed by atoms with Gasteiger partial charge in [-0.15, -0.1) is 0 Å². The van der Waals surface area contributed by atoms with Crippen LogP contribution < -0.4 is 0 Å². The molecule has 90 valence electrons. The highest BCUT2D eigenvalue weighted by molar-refractivity contribution is 5.21. The minimum atomic E-state index is -0.126. The first-order chi connectivity index (χ1) is 7.79. The van der Waals surface area contributed by atoms with E-state index in [0.717, 1.165) is 5.92 Å². The van der Waals surface area contributed by atoms with Gasteiger partial charge in [0.1, 0.15) is 5.82 Å². The lowest BCUT2D eigenvalue weighted by Gasteiger charge is -2.10. The molecule has 2 atom stereocenters. The third-order valence-electron chi connectivity index (χ3n) is 3.46. The SMILES string of the molecule is CC.CCC1CCC(c2ccc(F)cc2)C1. The predicted octanol–water partition coefficient (Wildman–Crippen LogP) is 5.15. The zero-order valence-electron chi connectivity index (χ0n) is 10.7. The van der Waals surface area contributed by atoms with Gasteiger partial charge in [-0.2, -0.15) is 0 Å². The topological polar surface area (TPSA) is 0 Å². The van der Waals surface area contributed by atoms with Crippen LogP contribution >= 0.6 is 0 Å². The van der Waals surface area contributed by atoms with Crippen LogP contribution in [-0.4, -0.2) is 0 Å². The normalized spacial score (nSPS) is 23.8. The molecule has 0 amide bonds. The number of hydrogen-bond acceptors (Lipinski definition) is 0. The van der Waals surface area contributed by atoms with E-state index in [1.165, 1.54) is 31.2 Å². The highest BCUT2D eigenvalue weighted by atomic mass is 19.1. The fraction of sp³-hybridized carbons (Fsp3) is 0.600. The Hall–Kier alpha value is -0.850. The highest BCUT2D eigenvalue weighted by Crippen LogP contribution is 2.39. The highest BCUT2D eigenvalue weighted by Gasteiger charge is 2.24. The smallest absolute Gasteiger partial charge is 0.123 e. The van der Waals surface area contributed by atoms with E-state index in [0.29, 0.717) is 5.92 Å². The van der Waals surface area contributed by atoms with Gasteiger partial charge in [0.05, 0.1) is 0 Å². The first-order valence-electron chi connectivity index (χ1n) is 6.55. The Morgan fingerprint density at radius 2 is 1.75 bits per heavy atom. The average molecular weight is 222 g/mol. The quantitative estimate of drug-likeness (QED) is 0.649. The molecule has 0 aromatic heterocycles. The maximum absolute atomic E-state index is 12.7. The average Bonchev–Trinajstić information content (AvgIpc) is 2.81. The van der Waals surface area contributed by atoms with Crippen LogP contribution in [0.15, 0.2) is 24.3 Å². The Morgan fingerprint density at radius 3 is 2.25 bits per heavy atom. The molecule has 2 unspecified atom stereocenters. The molecular weight excluding hydrogens is 199 g/mol. The first-order valence-corrected chi connectivity index (χ1v) is 6.55. The Balaban J connectivity index is 0.000000606. The minimum absolute atomic E-state index is 0.126. The monoisotopic (exact) mass is 222 g/mol. The Kier molecular flexibility index (Phi) is 5.51. The Morgan fingerprint density at radius 1 is 1.12 bits per heavy atom. The molecule has 1 saturated carbocycles. The minimum Gasteiger partial charge on any atom is -0.207 e. The summed E-state index contributed by atoms with van der Waals surface area (Å²) < 4.78 is 12.7. The third kappa shape index (κ3) is 3.33. The van der Waals surface area contributed by atoms with Crippen LogP contribution in [0.5, 0.6) is 0 Å². The Bertz CT molecular complexity index is 289. The second-order valence-electron chi connectivity index (χ2n) is 4.34. The van der Waals surface area contributed by atoms with Crippen molar-refractivity contribution in [3.8, 4) is 0 Å². The Labute approximate surface area is 98.9 Å². The summed E-state index contributed by atoms with van der Waals surface area (Å²) in [5.74, 6) is 1.45. The molecule has 0 heterocycles.